The Morgan fingerprint density at radius 3 is 0.952 bits per heavy atom. The zero-order valence-corrected chi connectivity index (χ0v) is 12.2. The monoisotopic (exact) mass is 294 g/mol. The van der Waals surface area contributed by atoms with E-state index in [1.165, 1.54) is 0 Å². The van der Waals surface area contributed by atoms with Gasteiger partial charge < -0.3 is 15.3 Å². The van der Waals surface area contributed by atoms with Gasteiger partial charge in [0.25, 0.3) is 0 Å². The van der Waals surface area contributed by atoms with Gasteiger partial charge >= 0.3 is 17.9 Å². The summed E-state index contributed by atoms with van der Waals surface area (Å²) in [5.41, 5.74) is 3.35. The fourth-order valence-electron chi connectivity index (χ4n) is 2.64. The zero-order chi connectivity index (χ0) is 16.3. The lowest BCUT2D eigenvalue weighted by Gasteiger charge is -2.20. The molecule has 0 unspecified atom stereocenters. The van der Waals surface area contributed by atoms with Gasteiger partial charge in [-0.3, -0.25) is 14.4 Å². The van der Waals surface area contributed by atoms with Gasteiger partial charge in [0.2, 0.25) is 0 Å². The van der Waals surface area contributed by atoms with E-state index in [1.807, 2.05) is 0 Å². The fraction of sp³-hybridized carbons (Fsp3) is 0.400. The molecule has 0 saturated heterocycles. The Morgan fingerprint density at radius 2 is 0.810 bits per heavy atom. The van der Waals surface area contributed by atoms with Crippen molar-refractivity contribution in [1.29, 1.82) is 0 Å². The molecule has 3 N–H and O–H groups in total. The molecule has 0 fully saturated rings. The van der Waals surface area contributed by atoms with Gasteiger partial charge in [0.15, 0.2) is 0 Å². The Bertz CT molecular complexity index is 508. The molecule has 0 bridgehead atoms. The molecule has 1 aromatic carbocycles. The van der Waals surface area contributed by atoms with E-state index in [2.05, 4.69) is 0 Å². The van der Waals surface area contributed by atoms with Crippen molar-refractivity contribution in [1.82, 2.24) is 0 Å². The molecule has 0 aliphatic carbocycles. The Hall–Kier alpha value is -2.37. The second kappa shape index (κ2) is 6.39. The quantitative estimate of drug-likeness (QED) is 0.733. The second-order valence-corrected chi connectivity index (χ2v) is 5.02. The standard InChI is InChI=1S/C15H18O6/c1-7-10(4-13(16)17)8(2)12(6-15(20)21)9(3)11(7)5-14(18)19/h4-6H2,1-3H3,(H,16,17)(H,18,19)(H,20,21). The van der Waals surface area contributed by atoms with Crippen molar-refractivity contribution >= 4 is 17.9 Å². The molecule has 0 spiro atoms. The summed E-state index contributed by atoms with van der Waals surface area (Å²) in [4.78, 5) is 33.0. The highest BCUT2D eigenvalue weighted by atomic mass is 16.4. The molecule has 1 aromatic rings. The predicted molar refractivity (Wildman–Crippen MR) is 74.7 cm³/mol. The summed E-state index contributed by atoms with van der Waals surface area (Å²) in [6, 6.07) is 0. The molecule has 6 nitrogen and oxygen atoms in total. The van der Waals surface area contributed by atoms with Crippen molar-refractivity contribution in [2.75, 3.05) is 0 Å². The number of carboxylic acid groups (broad SMARTS) is 3. The molecule has 1 rings (SSSR count). The number of aliphatic carboxylic acids is 3. The summed E-state index contributed by atoms with van der Waals surface area (Å²) in [5, 5.41) is 27.0. The van der Waals surface area contributed by atoms with Crippen LogP contribution in [0.2, 0.25) is 0 Å². The topological polar surface area (TPSA) is 112 Å². The van der Waals surface area contributed by atoms with Gasteiger partial charge in [-0.2, -0.15) is 0 Å². The van der Waals surface area contributed by atoms with Crippen LogP contribution < -0.4 is 0 Å². The smallest absolute Gasteiger partial charge is 0.307 e. The highest BCUT2D eigenvalue weighted by Crippen LogP contribution is 2.28. The summed E-state index contributed by atoms with van der Waals surface area (Å²) >= 11 is 0. The molecule has 21 heavy (non-hydrogen) atoms. The van der Waals surface area contributed by atoms with Gasteiger partial charge in [-0.1, -0.05) is 0 Å². The molecule has 114 valence electrons. The first-order valence-electron chi connectivity index (χ1n) is 6.40. The van der Waals surface area contributed by atoms with E-state index in [4.69, 9.17) is 15.3 Å². The van der Waals surface area contributed by atoms with Crippen LogP contribution in [0.5, 0.6) is 0 Å². The maximum absolute atomic E-state index is 11.0. The zero-order valence-electron chi connectivity index (χ0n) is 12.2. The Morgan fingerprint density at radius 1 is 0.619 bits per heavy atom. The van der Waals surface area contributed by atoms with Crippen molar-refractivity contribution in [3.05, 3.63) is 33.4 Å². The lowest BCUT2D eigenvalue weighted by molar-refractivity contribution is -0.137. The third kappa shape index (κ3) is 3.81. The molecule has 0 amide bonds. The maximum Gasteiger partial charge on any atom is 0.307 e. The Balaban J connectivity index is 3.60. The maximum atomic E-state index is 11.0. The molecule has 0 heterocycles. The summed E-state index contributed by atoms with van der Waals surface area (Å²) < 4.78 is 0. The SMILES string of the molecule is Cc1c(CC(=O)O)c(C)c(CC(=O)O)c(C)c1CC(=O)O. The lowest BCUT2D eigenvalue weighted by Crippen LogP contribution is -2.15. The lowest BCUT2D eigenvalue weighted by atomic mass is 9.84. The van der Waals surface area contributed by atoms with Crippen LogP contribution in [0.1, 0.15) is 33.4 Å². The second-order valence-electron chi connectivity index (χ2n) is 5.02. The van der Waals surface area contributed by atoms with Crippen LogP contribution in [0.25, 0.3) is 0 Å². The van der Waals surface area contributed by atoms with E-state index in [0.29, 0.717) is 33.4 Å². The molecule has 0 atom stereocenters. The first-order valence-corrected chi connectivity index (χ1v) is 6.40. The van der Waals surface area contributed by atoms with Crippen LogP contribution in [0.15, 0.2) is 0 Å². The molecule has 0 saturated carbocycles. The highest BCUT2D eigenvalue weighted by Gasteiger charge is 2.21. The van der Waals surface area contributed by atoms with Crippen LogP contribution >= 0.6 is 0 Å². The van der Waals surface area contributed by atoms with E-state index in [-0.39, 0.29) is 19.3 Å². The van der Waals surface area contributed by atoms with Crippen molar-refractivity contribution < 1.29 is 29.7 Å². The number of hydrogen-bond donors (Lipinski definition) is 3. The summed E-state index contributed by atoms with van der Waals surface area (Å²) in [7, 11) is 0. The molecule has 0 radical (unpaired) electrons. The van der Waals surface area contributed by atoms with Gasteiger partial charge in [-0.05, 0) is 54.2 Å². The van der Waals surface area contributed by atoms with Crippen LogP contribution in [0.4, 0.5) is 0 Å². The number of carbonyl (C=O) groups is 3. The predicted octanol–water partition coefficient (Wildman–Crippen LogP) is 1.49. The molecule has 0 aromatic heterocycles. The molecular formula is C15H18O6. The molecule has 6 heteroatoms. The van der Waals surface area contributed by atoms with Crippen molar-refractivity contribution in [2.45, 2.75) is 40.0 Å². The van der Waals surface area contributed by atoms with Gasteiger partial charge in [0.05, 0.1) is 19.3 Å². The van der Waals surface area contributed by atoms with Crippen molar-refractivity contribution in [2.24, 2.45) is 0 Å². The number of hydrogen-bond acceptors (Lipinski definition) is 3. The normalized spacial score (nSPS) is 10.4. The van der Waals surface area contributed by atoms with Gasteiger partial charge in [0.1, 0.15) is 0 Å². The minimum atomic E-state index is -1.03. The Kier molecular flexibility index (Phi) is 5.07. The largest absolute Gasteiger partial charge is 0.481 e. The number of rotatable bonds is 6. The van der Waals surface area contributed by atoms with E-state index in [0.717, 1.165) is 0 Å². The average molecular weight is 294 g/mol. The minimum absolute atomic E-state index is 0.253. The summed E-state index contributed by atoms with van der Waals surface area (Å²) in [6.45, 7) is 5.04. The van der Waals surface area contributed by atoms with Crippen LogP contribution in [0.3, 0.4) is 0 Å². The van der Waals surface area contributed by atoms with Crippen molar-refractivity contribution in [3.63, 3.8) is 0 Å². The van der Waals surface area contributed by atoms with Crippen LogP contribution in [0, 0.1) is 20.8 Å². The van der Waals surface area contributed by atoms with Gasteiger partial charge in [0, 0.05) is 0 Å². The number of carboxylic acids is 3. The van der Waals surface area contributed by atoms with Gasteiger partial charge in [-0.25, -0.2) is 0 Å². The average Bonchev–Trinajstić information content (AvgIpc) is 2.35. The van der Waals surface area contributed by atoms with Gasteiger partial charge in [-0.15, -0.1) is 0 Å². The third-order valence-corrected chi connectivity index (χ3v) is 3.70. The van der Waals surface area contributed by atoms with Crippen molar-refractivity contribution in [3.8, 4) is 0 Å². The van der Waals surface area contributed by atoms with Crippen LogP contribution in [-0.4, -0.2) is 33.2 Å². The first-order chi connectivity index (χ1) is 9.65. The summed E-state index contributed by atoms with van der Waals surface area (Å²) in [6.07, 6.45) is -0.758. The summed E-state index contributed by atoms with van der Waals surface area (Å²) in [5.74, 6) is -3.10. The molecule has 0 aliphatic heterocycles. The highest BCUT2D eigenvalue weighted by molar-refractivity contribution is 5.77. The van der Waals surface area contributed by atoms with E-state index in [1.54, 1.807) is 20.8 Å². The number of benzene rings is 1. The van der Waals surface area contributed by atoms with Crippen LogP contribution in [-0.2, 0) is 33.6 Å². The Labute approximate surface area is 122 Å². The van der Waals surface area contributed by atoms with E-state index < -0.39 is 17.9 Å². The van der Waals surface area contributed by atoms with E-state index in [9.17, 15) is 14.4 Å². The molecule has 0 aliphatic rings. The minimum Gasteiger partial charge on any atom is -0.481 e. The first kappa shape index (κ1) is 16.7. The van der Waals surface area contributed by atoms with E-state index >= 15 is 0 Å². The third-order valence-electron chi connectivity index (χ3n) is 3.70. The molecular weight excluding hydrogens is 276 g/mol. The fourth-order valence-corrected chi connectivity index (χ4v) is 2.64.